The standard InChI is InChI=1S/C20H21ClN2O4/c1-14-3-2-10-22(12-14)18-9-6-16(11-19(18)23(25)26)20(24)27-13-15-4-7-17(21)8-5-15/h4-9,11,14H,2-3,10,12-13H2,1H3/t14-/m0/s1. The highest BCUT2D eigenvalue weighted by molar-refractivity contribution is 6.30. The van der Waals surface area contributed by atoms with Crippen LogP contribution >= 0.6 is 11.6 Å². The van der Waals surface area contributed by atoms with Crippen molar-refractivity contribution in [3.8, 4) is 0 Å². The van der Waals surface area contributed by atoms with Crippen molar-refractivity contribution in [1.82, 2.24) is 0 Å². The van der Waals surface area contributed by atoms with Crippen molar-refractivity contribution < 1.29 is 14.5 Å². The fourth-order valence-corrected chi connectivity index (χ4v) is 3.41. The number of carbonyl (C=O) groups excluding carboxylic acids is 1. The average molecular weight is 389 g/mol. The lowest BCUT2D eigenvalue weighted by Gasteiger charge is -2.32. The van der Waals surface area contributed by atoms with E-state index in [1.807, 2.05) is 4.90 Å². The zero-order valence-corrected chi connectivity index (χ0v) is 15.8. The largest absolute Gasteiger partial charge is 0.457 e. The number of nitrogens with zero attached hydrogens (tertiary/aromatic N) is 2. The summed E-state index contributed by atoms with van der Waals surface area (Å²) in [6, 6.07) is 11.5. The summed E-state index contributed by atoms with van der Waals surface area (Å²) in [5.41, 5.74) is 1.46. The van der Waals surface area contributed by atoms with Gasteiger partial charge >= 0.3 is 5.97 Å². The minimum atomic E-state index is -0.591. The molecule has 2 aromatic carbocycles. The van der Waals surface area contributed by atoms with Crippen LogP contribution in [0.5, 0.6) is 0 Å². The summed E-state index contributed by atoms with van der Waals surface area (Å²) in [6.07, 6.45) is 2.13. The summed E-state index contributed by atoms with van der Waals surface area (Å²) in [5.74, 6) is -0.103. The quantitative estimate of drug-likeness (QED) is 0.416. The summed E-state index contributed by atoms with van der Waals surface area (Å²) in [7, 11) is 0. The van der Waals surface area contributed by atoms with Crippen molar-refractivity contribution in [2.75, 3.05) is 18.0 Å². The van der Waals surface area contributed by atoms with Crippen LogP contribution in [0.1, 0.15) is 35.7 Å². The van der Waals surface area contributed by atoms with E-state index in [-0.39, 0.29) is 17.9 Å². The van der Waals surface area contributed by atoms with Crippen LogP contribution < -0.4 is 4.90 Å². The monoisotopic (exact) mass is 388 g/mol. The molecule has 0 amide bonds. The smallest absolute Gasteiger partial charge is 0.338 e. The molecule has 6 nitrogen and oxygen atoms in total. The van der Waals surface area contributed by atoms with Crippen LogP contribution in [-0.4, -0.2) is 24.0 Å². The number of carbonyl (C=O) groups is 1. The fourth-order valence-electron chi connectivity index (χ4n) is 3.29. The Labute approximate surface area is 162 Å². The van der Waals surface area contributed by atoms with Gasteiger partial charge in [0.15, 0.2) is 0 Å². The SMILES string of the molecule is C[C@H]1CCCN(c2ccc(C(=O)OCc3ccc(Cl)cc3)cc2[N+](=O)[O-])C1. The molecule has 1 fully saturated rings. The van der Waals surface area contributed by atoms with Crippen LogP contribution in [0, 0.1) is 16.0 Å². The Hall–Kier alpha value is -2.60. The van der Waals surface area contributed by atoms with Gasteiger partial charge in [-0.15, -0.1) is 0 Å². The Morgan fingerprint density at radius 1 is 1.30 bits per heavy atom. The molecule has 0 N–H and O–H groups in total. The molecule has 1 atom stereocenters. The molecule has 0 bridgehead atoms. The number of hydrogen-bond acceptors (Lipinski definition) is 5. The average Bonchev–Trinajstić information content (AvgIpc) is 2.66. The third-order valence-electron chi connectivity index (χ3n) is 4.69. The van der Waals surface area contributed by atoms with Gasteiger partial charge in [0.2, 0.25) is 0 Å². The summed E-state index contributed by atoms with van der Waals surface area (Å²) in [4.78, 5) is 25.4. The zero-order valence-electron chi connectivity index (χ0n) is 15.1. The van der Waals surface area contributed by atoms with Gasteiger partial charge in [0, 0.05) is 24.2 Å². The Kier molecular flexibility index (Phi) is 5.96. The van der Waals surface area contributed by atoms with E-state index in [1.165, 1.54) is 6.07 Å². The Morgan fingerprint density at radius 2 is 2.04 bits per heavy atom. The number of halogens is 1. The molecule has 3 rings (SSSR count). The van der Waals surface area contributed by atoms with Crippen molar-refractivity contribution in [3.63, 3.8) is 0 Å². The summed E-state index contributed by atoms with van der Waals surface area (Å²) in [6.45, 7) is 3.78. The van der Waals surface area contributed by atoms with Crippen LogP contribution in [0.4, 0.5) is 11.4 Å². The first-order chi connectivity index (χ1) is 12.9. The van der Waals surface area contributed by atoms with E-state index in [1.54, 1.807) is 36.4 Å². The molecule has 2 aromatic rings. The molecule has 27 heavy (non-hydrogen) atoms. The number of hydrogen-bond donors (Lipinski definition) is 0. The third kappa shape index (κ3) is 4.77. The number of ether oxygens (including phenoxy) is 1. The Morgan fingerprint density at radius 3 is 2.70 bits per heavy atom. The predicted molar refractivity (Wildman–Crippen MR) is 104 cm³/mol. The first-order valence-electron chi connectivity index (χ1n) is 8.89. The van der Waals surface area contributed by atoms with Crippen molar-refractivity contribution in [3.05, 3.63) is 68.7 Å². The van der Waals surface area contributed by atoms with Gasteiger partial charge in [0.05, 0.1) is 10.5 Å². The first-order valence-corrected chi connectivity index (χ1v) is 9.27. The van der Waals surface area contributed by atoms with E-state index >= 15 is 0 Å². The molecule has 1 heterocycles. The predicted octanol–water partition coefficient (Wildman–Crippen LogP) is 4.84. The second kappa shape index (κ2) is 8.39. The van der Waals surface area contributed by atoms with Crippen LogP contribution in [0.15, 0.2) is 42.5 Å². The molecule has 7 heteroatoms. The normalized spacial score (nSPS) is 16.8. The topological polar surface area (TPSA) is 72.7 Å². The maximum Gasteiger partial charge on any atom is 0.338 e. The van der Waals surface area contributed by atoms with E-state index in [4.69, 9.17) is 16.3 Å². The highest BCUT2D eigenvalue weighted by Gasteiger charge is 2.25. The molecule has 1 aliphatic rings. The minimum absolute atomic E-state index is 0.0648. The Balaban J connectivity index is 1.75. The van der Waals surface area contributed by atoms with Gasteiger partial charge in [-0.05, 0) is 48.6 Å². The van der Waals surface area contributed by atoms with Crippen molar-refractivity contribution in [2.24, 2.45) is 5.92 Å². The van der Waals surface area contributed by atoms with E-state index in [0.29, 0.717) is 16.6 Å². The van der Waals surface area contributed by atoms with Crippen molar-refractivity contribution in [2.45, 2.75) is 26.4 Å². The summed E-state index contributed by atoms with van der Waals surface area (Å²) in [5, 5.41) is 12.1. The fraction of sp³-hybridized carbons (Fsp3) is 0.350. The molecular weight excluding hydrogens is 368 g/mol. The molecule has 142 valence electrons. The minimum Gasteiger partial charge on any atom is -0.457 e. The maximum atomic E-state index is 12.3. The van der Waals surface area contributed by atoms with Crippen LogP contribution in [-0.2, 0) is 11.3 Å². The number of rotatable bonds is 5. The number of benzene rings is 2. The van der Waals surface area contributed by atoms with E-state index in [0.717, 1.165) is 31.5 Å². The van der Waals surface area contributed by atoms with Gasteiger partial charge in [0.1, 0.15) is 12.3 Å². The molecular formula is C20H21ClN2O4. The summed E-state index contributed by atoms with van der Waals surface area (Å²) < 4.78 is 5.27. The van der Waals surface area contributed by atoms with Crippen LogP contribution in [0.3, 0.4) is 0 Å². The second-order valence-electron chi connectivity index (χ2n) is 6.86. The second-order valence-corrected chi connectivity index (χ2v) is 7.29. The molecule has 0 aromatic heterocycles. The summed E-state index contributed by atoms with van der Waals surface area (Å²) >= 11 is 5.83. The Bertz CT molecular complexity index is 838. The molecule has 0 unspecified atom stereocenters. The lowest BCUT2D eigenvalue weighted by molar-refractivity contribution is -0.384. The number of piperidine rings is 1. The van der Waals surface area contributed by atoms with Gasteiger partial charge in [-0.3, -0.25) is 10.1 Å². The molecule has 0 radical (unpaired) electrons. The lowest BCUT2D eigenvalue weighted by atomic mass is 9.99. The van der Waals surface area contributed by atoms with Gasteiger partial charge in [-0.1, -0.05) is 30.7 Å². The first kappa shape index (κ1) is 19.2. The third-order valence-corrected chi connectivity index (χ3v) is 4.94. The number of esters is 1. The maximum absolute atomic E-state index is 12.3. The van der Waals surface area contributed by atoms with Gasteiger partial charge in [-0.2, -0.15) is 0 Å². The lowest BCUT2D eigenvalue weighted by Crippen LogP contribution is -2.34. The van der Waals surface area contributed by atoms with Gasteiger partial charge in [0.25, 0.3) is 5.69 Å². The molecule has 1 aliphatic heterocycles. The zero-order chi connectivity index (χ0) is 19.4. The van der Waals surface area contributed by atoms with Gasteiger partial charge < -0.3 is 9.64 Å². The highest BCUT2D eigenvalue weighted by atomic mass is 35.5. The molecule has 0 saturated carbocycles. The van der Waals surface area contributed by atoms with E-state index < -0.39 is 10.9 Å². The van der Waals surface area contributed by atoms with Crippen LogP contribution in [0.25, 0.3) is 0 Å². The molecule has 0 spiro atoms. The van der Waals surface area contributed by atoms with Gasteiger partial charge in [-0.25, -0.2) is 4.79 Å². The number of anilines is 1. The van der Waals surface area contributed by atoms with Crippen LogP contribution in [0.2, 0.25) is 5.02 Å². The molecule has 0 aliphatic carbocycles. The van der Waals surface area contributed by atoms with E-state index in [9.17, 15) is 14.9 Å². The molecule has 1 saturated heterocycles. The number of nitro benzene ring substituents is 1. The highest BCUT2D eigenvalue weighted by Crippen LogP contribution is 2.32. The van der Waals surface area contributed by atoms with Crippen molar-refractivity contribution in [1.29, 1.82) is 0 Å². The van der Waals surface area contributed by atoms with Crippen molar-refractivity contribution >= 4 is 28.9 Å². The number of nitro groups is 1. The van der Waals surface area contributed by atoms with E-state index in [2.05, 4.69) is 6.92 Å².